The molecule has 6 rings (SSSR count). The first-order chi connectivity index (χ1) is 18.0. The molecule has 7 heteroatoms. The summed E-state index contributed by atoms with van der Waals surface area (Å²) in [5.74, 6) is -0.249. The van der Waals surface area contributed by atoms with E-state index in [1.165, 1.54) is 0 Å². The molecular formula is C30H28N4O3. The maximum Gasteiger partial charge on any atom is 0.270 e. The normalized spacial score (nSPS) is 18.9. The molecule has 2 bridgehead atoms. The Morgan fingerprint density at radius 2 is 1.70 bits per heavy atom. The van der Waals surface area contributed by atoms with Crippen molar-refractivity contribution in [2.45, 2.75) is 18.9 Å². The Labute approximate surface area is 214 Å². The van der Waals surface area contributed by atoms with Crippen LogP contribution in [0.25, 0.3) is 17.0 Å². The number of rotatable bonds is 4. The van der Waals surface area contributed by atoms with Crippen LogP contribution < -0.4 is 10.9 Å². The zero-order chi connectivity index (χ0) is 25.5. The average Bonchev–Trinajstić information content (AvgIpc) is 3.24. The van der Waals surface area contributed by atoms with E-state index in [1.807, 2.05) is 63.7 Å². The van der Waals surface area contributed by atoms with Gasteiger partial charge in [0.1, 0.15) is 5.70 Å². The zero-order valence-electron chi connectivity index (χ0n) is 20.6. The van der Waals surface area contributed by atoms with Crippen LogP contribution in [0.4, 0.5) is 0 Å². The monoisotopic (exact) mass is 492 g/mol. The highest BCUT2D eigenvalue weighted by atomic mass is 16.2. The van der Waals surface area contributed by atoms with Crippen molar-refractivity contribution in [1.29, 1.82) is 0 Å². The van der Waals surface area contributed by atoms with Crippen LogP contribution in [-0.2, 0) is 18.4 Å². The number of carbonyl (C=O) groups is 2. The Balaban J connectivity index is 1.36. The van der Waals surface area contributed by atoms with Gasteiger partial charge in [-0.25, -0.2) is 0 Å². The van der Waals surface area contributed by atoms with Gasteiger partial charge in [-0.15, -0.1) is 0 Å². The van der Waals surface area contributed by atoms with Gasteiger partial charge in [-0.1, -0.05) is 42.5 Å². The fraction of sp³-hybridized carbons (Fsp3) is 0.233. The third-order valence-corrected chi connectivity index (χ3v) is 7.51. The second-order valence-electron chi connectivity index (χ2n) is 10.00. The predicted octanol–water partition coefficient (Wildman–Crippen LogP) is 3.76. The third kappa shape index (κ3) is 4.27. The molecule has 1 N–H and O–H groups in total. The van der Waals surface area contributed by atoms with Crippen molar-refractivity contribution in [1.82, 2.24) is 19.4 Å². The van der Waals surface area contributed by atoms with Gasteiger partial charge >= 0.3 is 0 Å². The van der Waals surface area contributed by atoms with Crippen LogP contribution in [-0.4, -0.2) is 38.9 Å². The topological polar surface area (TPSA) is 76.3 Å². The number of nitrogens with zero attached hydrogens (tertiary/aromatic N) is 3. The number of pyridine rings is 1. The first-order valence-electron chi connectivity index (χ1n) is 12.6. The molecule has 0 aliphatic carbocycles. The number of fused-ring (bicyclic) bond motifs is 5. The highest BCUT2D eigenvalue weighted by Crippen LogP contribution is 2.35. The molecule has 4 heterocycles. The Kier molecular flexibility index (Phi) is 5.75. The van der Waals surface area contributed by atoms with Crippen LogP contribution in [0.5, 0.6) is 0 Å². The molecule has 2 aromatic heterocycles. The largest absolute Gasteiger partial charge is 0.350 e. The van der Waals surface area contributed by atoms with Gasteiger partial charge in [0.2, 0.25) is 0 Å². The van der Waals surface area contributed by atoms with E-state index in [9.17, 15) is 14.4 Å². The van der Waals surface area contributed by atoms with Crippen molar-refractivity contribution in [2.75, 3.05) is 13.1 Å². The second kappa shape index (κ2) is 9.24. The lowest BCUT2D eigenvalue weighted by atomic mass is 9.83. The molecule has 2 aromatic carbocycles. The maximum atomic E-state index is 14.0. The number of carbonyl (C=O) groups excluding carboxylic acids is 2. The van der Waals surface area contributed by atoms with Gasteiger partial charge in [-0.05, 0) is 42.7 Å². The van der Waals surface area contributed by atoms with Crippen LogP contribution in [0.1, 0.15) is 34.0 Å². The number of aromatic nitrogens is 2. The third-order valence-electron chi connectivity index (χ3n) is 7.51. The van der Waals surface area contributed by atoms with Crippen LogP contribution in [0.15, 0.2) is 89.5 Å². The van der Waals surface area contributed by atoms with E-state index in [4.69, 9.17) is 0 Å². The number of amides is 2. The van der Waals surface area contributed by atoms with E-state index in [-0.39, 0.29) is 34.9 Å². The number of benzene rings is 2. The Morgan fingerprint density at radius 3 is 2.54 bits per heavy atom. The lowest BCUT2D eigenvalue weighted by molar-refractivity contribution is -0.130. The Hall–Kier alpha value is -4.39. The molecule has 2 aliphatic rings. The van der Waals surface area contributed by atoms with E-state index in [0.717, 1.165) is 28.6 Å². The Bertz CT molecular complexity index is 1600. The minimum atomic E-state index is -0.325. The molecule has 2 amide bonds. The Morgan fingerprint density at radius 1 is 0.919 bits per heavy atom. The first kappa shape index (κ1) is 23.0. The van der Waals surface area contributed by atoms with Gasteiger partial charge in [0.15, 0.2) is 0 Å². The molecule has 0 saturated carbocycles. The van der Waals surface area contributed by atoms with Crippen molar-refractivity contribution in [3.63, 3.8) is 0 Å². The fourth-order valence-electron chi connectivity index (χ4n) is 5.81. The number of aryl methyl sites for hydroxylation is 1. The molecule has 1 fully saturated rings. The van der Waals surface area contributed by atoms with E-state index >= 15 is 0 Å². The number of hydrogen-bond acceptors (Lipinski definition) is 3. The molecule has 0 radical (unpaired) electrons. The summed E-state index contributed by atoms with van der Waals surface area (Å²) in [5, 5.41) is 3.92. The highest BCUT2D eigenvalue weighted by Gasteiger charge is 2.37. The smallest absolute Gasteiger partial charge is 0.270 e. The molecule has 7 nitrogen and oxygen atoms in total. The van der Waals surface area contributed by atoms with Gasteiger partial charge in [-0.3, -0.25) is 14.4 Å². The van der Waals surface area contributed by atoms with Crippen molar-refractivity contribution in [3.05, 3.63) is 112 Å². The number of likely N-dealkylation sites (tertiary alicyclic amines) is 1. The second-order valence-corrected chi connectivity index (χ2v) is 10.00. The van der Waals surface area contributed by atoms with E-state index < -0.39 is 0 Å². The van der Waals surface area contributed by atoms with E-state index in [0.29, 0.717) is 25.2 Å². The number of para-hydroxylation sites is 1. The predicted molar refractivity (Wildman–Crippen MR) is 143 cm³/mol. The molecule has 4 aromatic rings. The molecule has 2 unspecified atom stereocenters. The molecule has 186 valence electrons. The van der Waals surface area contributed by atoms with Gasteiger partial charge in [0.25, 0.3) is 17.4 Å². The van der Waals surface area contributed by atoms with Crippen molar-refractivity contribution in [3.8, 4) is 0 Å². The summed E-state index contributed by atoms with van der Waals surface area (Å²) in [5.41, 5.74) is 3.64. The standard InChI is InChI=1S/C30H28N4O3/c1-32-18-22(24-10-5-6-11-27(24)32)15-25(31-29(36)21-8-3-2-4-9-21)30(37)33-16-20-14-23(19-33)26-12-7-13-28(35)34(26)17-20/h2-13,15,18,20,23H,14,16-17,19H2,1H3,(H,31,36). The van der Waals surface area contributed by atoms with Gasteiger partial charge < -0.3 is 19.4 Å². The number of nitrogens with one attached hydrogen (secondary N) is 1. The summed E-state index contributed by atoms with van der Waals surface area (Å²) in [4.78, 5) is 41.4. The summed E-state index contributed by atoms with van der Waals surface area (Å²) >= 11 is 0. The van der Waals surface area contributed by atoms with Gasteiger partial charge in [-0.2, -0.15) is 0 Å². The minimum absolute atomic E-state index is 0.0126. The minimum Gasteiger partial charge on any atom is -0.350 e. The lowest BCUT2D eigenvalue weighted by Gasteiger charge is -2.43. The average molecular weight is 493 g/mol. The molecule has 2 atom stereocenters. The van der Waals surface area contributed by atoms with Gasteiger partial charge in [0.05, 0.1) is 0 Å². The molecule has 2 aliphatic heterocycles. The first-order valence-corrected chi connectivity index (χ1v) is 12.6. The SMILES string of the molecule is Cn1cc(C=C(NC(=O)c2ccccc2)C(=O)N2CC3CC(C2)c2cccc(=O)n2C3)c2ccccc21. The van der Waals surface area contributed by atoms with Gasteiger partial charge in [0, 0.05) is 72.6 Å². The zero-order valence-corrected chi connectivity index (χ0v) is 20.6. The summed E-state index contributed by atoms with van der Waals surface area (Å²) in [7, 11) is 1.97. The summed E-state index contributed by atoms with van der Waals surface area (Å²) in [6, 6.07) is 22.3. The number of hydrogen-bond donors (Lipinski definition) is 1. The quantitative estimate of drug-likeness (QED) is 0.441. The van der Waals surface area contributed by atoms with E-state index in [2.05, 4.69) is 5.32 Å². The molecular weight excluding hydrogens is 464 g/mol. The summed E-state index contributed by atoms with van der Waals surface area (Å²) in [6.07, 6.45) is 4.71. The van der Waals surface area contributed by atoms with Crippen molar-refractivity contribution >= 4 is 28.8 Å². The van der Waals surface area contributed by atoms with Crippen molar-refractivity contribution < 1.29 is 9.59 Å². The molecule has 1 saturated heterocycles. The summed E-state index contributed by atoms with van der Waals surface area (Å²) in [6.45, 7) is 1.66. The van der Waals surface area contributed by atoms with Crippen LogP contribution in [0, 0.1) is 5.92 Å². The molecule has 37 heavy (non-hydrogen) atoms. The van der Waals surface area contributed by atoms with Crippen molar-refractivity contribution in [2.24, 2.45) is 13.0 Å². The molecule has 0 spiro atoms. The summed E-state index contributed by atoms with van der Waals surface area (Å²) < 4.78 is 3.87. The van der Waals surface area contributed by atoms with E-state index in [1.54, 1.807) is 42.5 Å². The van der Waals surface area contributed by atoms with Crippen LogP contribution in [0.3, 0.4) is 0 Å². The highest BCUT2D eigenvalue weighted by molar-refractivity contribution is 6.06. The lowest BCUT2D eigenvalue weighted by Crippen LogP contribution is -2.50. The maximum absolute atomic E-state index is 14.0. The van der Waals surface area contributed by atoms with Crippen LogP contribution in [0.2, 0.25) is 0 Å². The number of piperidine rings is 1. The fourth-order valence-corrected chi connectivity index (χ4v) is 5.81. The van der Waals surface area contributed by atoms with Crippen LogP contribution >= 0.6 is 0 Å².